The highest BCUT2D eigenvalue weighted by Gasteiger charge is 2.26. The van der Waals surface area contributed by atoms with E-state index in [0.29, 0.717) is 21.8 Å². The van der Waals surface area contributed by atoms with E-state index in [1.807, 2.05) is 6.92 Å². The SMILES string of the molecule is C=C(C)CN(c1cc(Cl)ccc1CO)S(=O)(=O)c1ccc(C)cc1. The maximum absolute atomic E-state index is 13.1. The summed E-state index contributed by atoms with van der Waals surface area (Å²) in [5.41, 5.74) is 2.48. The number of benzene rings is 2. The van der Waals surface area contributed by atoms with E-state index in [1.165, 1.54) is 4.31 Å². The van der Waals surface area contributed by atoms with Gasteiger partial charge in [-0.15, -0.1) is 0 Å². The number of halogens is 1. The smallest absolute Gasteiger partial charge is 0.264 e. The van der Waals surface area contributed by atoms with Crippen molar-refractivity contribution in [2.24, 2.45) is 0 Å². The van der Waals surface area contributed by atoms with E-state index in [1.54, 1.807) is 49.4 Å². The molecule has 2 aromatic rings. The Morgan fingerprint density at radius 3 is 2.38 bits per heavy atom. The Kier molecular flexibility index (Phi) is 5.70. The Morgan fingerprint density at radius 2 is 1.83 bits per heavy atom. The van der Waals surface area contributed by atoms with Crippen molar-refractivity contribution in [2.75, 3.05) is 10.8 Å². The molecule has 0 aliphatic rings. The van der Waals surface area contributed by atoms with Crippen molar-refractivity contribution in [3.8, 4) is 0 Å². The van der Waals surface area contributed by atoms with Gasteiger partial charge >= 0.3 is 0 Å². The van der Waals surface area contributed by atoms with Crippen LogP contribution in [0, 0.1) is 6.92 Å². The van der Waals surface area contributed by atoms with Crippen molar-refractivity contribution in [3.05, 3.63) is 70.8 Å². The molecule has 0 heterocycles. The summed E-state index contributed by atoms with van der Waals surface area (Å²) in [6, 6.07) is 11.4. The molecule has 0 saturated heterocycles. The molecule has 0 aliphatic heterocycles. The van der Waals surface area contributed by atoms with E-state index >= 15 is 0 Å². The zero-order valence-electron chi connectivity index (χ0n) is 13.7. The van der Waals surface area contributed by atoms with E-state index in [-0.39, 0.29) is 18.0 Å². The number of rotatable bonds is 6. The lowest BCUT2D eigenvalue weighted by molar-refractivity contribution is 0.282. The number of anilines is 1. The van der Waals surface area contributed by atoms with E-state index in [2.05, 4.69) is 6.58 Å². The van der Waals surface area contributed by atoms with Gasteiger partial charge in [0.25, 0.3) is 10.0 Å². The molecule has 0 amide bonds. The van der Waals surface area contributed by atoms with E-state index in [9.17, 15) is 13.5 Å². The Bertz CT molecular complexity index is 845. The van der Waals surface area contributed by atoms with Crippen LogP contribution in [0.4, 0.5) is 5.69 Å². The number of aliphatic hydroxyl groups is 1. The van der Waals surface area contributed by atoms with E-state index in [4.69, 9.17) is 11.6 Å². The Morgan fingerprint density at radius 1 is 1.21 bits per heavy atom. The molecule has 2 rings (SSSR count). The van der Waals surface area contributed by atoms with Gasteiger partial charge in [0.05, 0.1) is 23.7 Å². The van der Waals surface area contributed by atoms with Gasteiger partial charge in [-0.25, -0.2) is 8.42 Å². The summed E-state index contributed by atoms with van der Waals surface area (Å²) in [5.74, 6) is 0. The minimum absolute atomic E-state index is 0.101. The van der Waals surface area contributed by atoms with Gasteiger partial charge in [-0.1, -0.05) is 47.5 Å². The standard InChI is InChI=1S/C18H20ClNO3S/c1-13(2)11-20(18-10-16(19)7-6-15(18)12-21)24(22,23)17-8-4-14(3)5-9-17/h4-10,21H,1,11-12H2,2-3H3. The molecule has 1 N–H and O–H groups in total. The van der Waals surface area contributed by atoms with Crippen LogP contribution in [0.25, 0.3) is 0 Å². The maximum Gasteiger partial charge on any atom is 0.264 e. The van der Waals surface area contributed by atoms with Crippen molar-refractivity contribution < 1.29 is 13.5 Å². The van der Waals surface area contributed by atoms with Crippen molar-refractivity contribution in [2.45, 2.75) is 25.3 Å². The Hall–Kier alpha value is -1.82. The molecule has 0 fully saturated rings. The van der Waals surface area contributed by atoms with Crippen LogP contribution in [-0.2, 0) is 16.6 Å². The fourth-order valence-corrected chi connectivity index (χ4v) is 4.01. The number of aliphatic hydroxyl groups excluding tert-OH is 1. The minimum atomic E-state index is -3.81. The fraction of sp³-hybridized carbons (Fsp3) is 0.222. The van der Waals surface area contributed by atoms with Gasteiger partial charge in [-0.2, -0.15) is 0 Å². The Labute approximate surface area is 148 Å². The second-order valence-corrected chi connectivity index (χ2v) is 8.01. The molecule has 0 atom stereocenters. The van der Waals surface area contributed by atoms with Gasteiger partial charge in [0.1, 0.15) is 0 Å². The zero-order valence-corrected chi connectivity index (χ0v) is 15.2. The molecule has 0 bridgehead atoms. The van der Waals surface area contributed by atoms with Crippen LogP contribution in [0.5, 0.6) is 0 Å². The summed E-state index contributed by atoms with van der Waals surface area (Å²) in [6.45, 7) is 7.27. The third-order valence-corrected chi connectivity index (χ3v) is 5.52. The molecule has 0 radical (unpaired) electrons. The van der Waals surface area contributed by atoms with Crippen molar-refractivity contribution in [3.63, 3.8) is 0 Å². The summed E-state index contributed by atoms with van der Waals surface area (Å²) in [4.78, 5) is 0.179. The van der Waals surface area contributed by atoms with Crippen LogP contribution in [0.2, 0.25) is 5.02 Å². The summed E-state index contributed by atoms with van der Waals surface area (Å²) in [6.07, 6.45) is 0. The first-order valence-electron chi connectivity index (χ1n) is 7.39. The molecular weight excluding hydrogens is 346 g/mol. The van der Waals surface area contributed by atoms with E-state index < -0.39 is 10.0 Å². The molecule has 2 aromatic carbocycles. The first kappa shape index (κ1) is 18.5. The molecule has 128 valence electrons. The van der Waals surface area contributed by atoms with Crippen molar-refractivity contribution in [1.82, 2.24) is 0 Å². The monoisotopic (exact) mass is 365 g/mol. The normalized spacial score (nSPS) is 11.3. The first-order valence-corrected chi connectivity index (χ1v) is 9.20. The second-order valence-electron chi connectivity index (χ2n) is 5.71. The molecular formula is C18H20ClNO3S. The highest BCUT2D eigenvalue weighted by molar-refractivity contribution is 7.92. The van der Waals surface area contributed by atoms with Crippen molar-refractivity contribution in [1.29, 1.82) is 0 Å². The summed E-state index contributed by atoms with van der Waals surface area (Å²) < 4.78 is 27.5. The van der Waals surface area contributed by atoms with Crippen LogP contribution < -0.4 is 4.31 Å². The van der Waals surface area contributed by atoms with Gasteiger partial charge in [0.2, 0.25) is 0 Å². The molecule has 0 saturated carbocycles. The van der Waals surface area contributed by atoms with Crippen molar-refractivity contribution >= 4 is 27.3 Å². The maximum atomic E-state index is 13.1. The summed E-state index contributed by atoms with van der Waals surface area (Å²) >= 11 is 6.05. The molecule has 24 heavy (non-hydrogen) atoms. The van der Waals surface area contributed by atoms with Crippen LogP contribution in [0.15, 0.2) is 59.5 Å². The molecule has 6 heteroatoms. The zero-order chi connectivity index (χ0) is 17.9. The number of sulfonamides is 1. The van der Waals surface area contributed by atoms with Crippen LogP contribution in [0.1, 0.15) is 18.1 Å². The number of aryl methyl sites for hydroxylation is 1. The average Bonchev–Trinajstić information content (AvgIpc) is 2.52. The van der Waals surface area contributed by atoms with Crippen LogP contribution in [0.3, 0.4) is 0 Å². The van der Waals surface area contributed by atoms with Crippen LogP contribution >= 0.6 is 11.6 Å². The topological polar surface area (TPSA) is 57.6 Å². The first-order chi connectivity index (χ1) is 11.3. The van der Waals surface area contributed by atoms with Gasteiger partial charge in [0, 0.05) is 10.6 Å². The molecule has 0 aromatic heterocycles. The number of nitrogens with zero attached hydrogens (tertiary/aromatic N) is 1. The lowest BCUT2D eigenvalue weighted by Crippen LogP contribution is -2.33. The predicted octanol–water partition coefficient (Wildman–Crippen LogP) is 3.91. The lowest BCUT2D eigenvalue weighted by atomic mass is 10.2. The largest absolute Gasteiger partial charge is 0.392 e. The van der Waals surface area contributed by atoms with Gasteiger partial charge in [-0.05, 0) is 38.1 Å². The highest BCUT2D eigenvalue weighted by atomic mass is 35.5. The quantitative estimate of drug-likeness (QED) is 0.789. The minimum Gasteiger partial charge on any atom is -0.392 e. The lowest BCUT2D eigenvalue weighted by Gasteiger charge is -2.27. The highest BCUT2D eigenvalue weighted by Crippen LogP contribution is 2.30. The molecule has 0 unspecified atom stereocenters. The number of hydrogen-bond acceptors (Lipinski definition) is 3. The van der Waals surface area contributed by atoms with Gasteiger partial charge in [0.15, 0.2) is 0 Å². The summed E-state index contributed by atoms with van der Waals surface area (Å²) in [7, 11) is -3.81. The second kappa shape index (κ2) is 7.38. The van der Waals surface area contributed by atoms with E-state index in [0.717, 1.165) is 5.56 Å². The summed E-state index contributed by atoms with van der Waals surface area (Å²) in [5, 5.41) is 9.97. The van der Waals surface area contributed by atoms with Gasteiger partial charge in [-0.3, -0.25) is 4.31 Å². The average molecular weight is 366 g/mol. The molecule has 4 nitrogen and oxygen atoms in total. The van der Waals surface area contributed by atoms with Gasteiger partial charge < -0.3 is 5.11 Å². The van der Waals surface area contributed by atoms with Crippen LogP contribution in [-0.4, -0.2) is 20.1 Å². The fourth-order valence-electron chi connectivity index (χ4n) is 2.29. The third-order valence-electron chi connectivity index (χ3n) is 3.51. The molecule has 0 aliphatic carbocycles. The Balaban J connectivity index is 2.63. The number of hydrogen-bond donors (Lipinski definition) is 1. The molecule has 0 spiro atoms. The predicted molar refractivity (Wildman–Crippen MR) is 97.9 cm³/mol. The third kappa shape index (κ3) is 3.98.